The van der Waals surface area contributed by atoms with Crippen LogP contribution in [0.15, 0.2) is 0 Å². The zero-order chi connectivity index (χ0) is 14.6. The van der Waals surface area contributed by atoms with Gasteiger partial charge in [0.05, 0.1) is 11.3 Å². The highest BCUT2D eigenvalue weighted by atomic mass is 79.9. The van der Waals surface area contributed by atoms with Crippen LogP contribution in [0.25, 0.3) is 0 Å². The summed E-state index contributed by atoms with van der Waals surface area (Å²) in [6.45, 7) is 8.85. The number of aromatic nitrogens is 2. The molecule has 1 aromatic heterocycles. The van der Waals surface area contributed by atoms with Crippen molar-refractivity contribution in [2.45, 2.75) is 46.6 Å². The highest BCUT2D eigenvalue weighted by Gasteiger charge is 2.26. The summed E-state index contributed by atoms with van der Waals surface area (Å²) in [5.74, 6) is 0.108. The van der Waals surface area contributed by atoms with E-state index in [-0.39, 0.29) is 5.91 Å². The third-order valence-corrected chi connectivity index (χ3v) is 4.05. The molecule has 0 fully saturated rings. The Balaban J connectivity index is 3.12. The topological polar surface area (TPSA) is 38.1 Å². The van der Waals surface area contributed by atoms with Crippen LogP contribution in [-0.2, 0) is 7.05 Å². The number of amides is 1. The molecule has 0 aliphatic rings. The summed E-state index contributed by atoms with van der Waals surface area (Å²) in [7, 11) is 1.88. The van der Waals surface area contributed by atoms with Crippen LogP contribution in [0.1, 0.15) is 48.4 Å². The molecule has 19 heavy (non-hydrogen) atoms. The number of aryl methyl sites for hydroxylation is 2. The summed E-state index contributed by atoms with van der Waals surface area (Å²) in [5.41, 5.74) is 2.51. The molecular formula is C14H24BrN3O. The van der Waals surface area contributed by atoms with E-state index < -0.39 is 0 Å². The Morgan fingerprint density at radius 1 is 1.37 bits per heavy atom. The minimum atomic E-state index is 0.108. The van der Waals surface area contributed by atoms with E-state index in [2.05, 4.69) is 34.9 Å². The van der Waals surface area contributed by atoms with E-state index in [4.69, 9.17) is 0 Å². The van der Waals surface area contributed by atoms with Crippen LogP contribution in [-0.4, -0.2) is 38.5 Å². The van der Waals surface area contributed by atoms with Gasteiger partial charge in [0.15, 0.2) is 0 Å². The fraction of sp³-hybridized carbons (Fsp3) is 0.714. The number of halogens is 1. The molecule has 1 rings (SSSR count). The molecule has 0 aliphatic carbocycles. The Bertz CT molecular complexity index is 438. The standard InChI is InChI=1S/C14H24BrN3O/c1-6-12(7-2)18(9-8-15)14(19)13-10(3)16-17(5)11(13)4/h12H,6-9H2,1-5H3. The molecule has 0 N–H and O–H groups in total. The maximum Gasteiger partial charge on any atom is 0.257 e. The molecule has 0 saturated carbocycles. The van der Waals surface area contributed by atoms with Gasteiger partial charge in [-0.1, -0.05) is 29.8 Å². The van der Waals surface area contributed by atoms with Crippen molar-refractivity contribution in [3.8, 4) is 0 Å². The first kappa shape index (κ1) is 16.2. The highest BCUT2D eigenvalue weighted by Crippen LogP contribution is 2.19. The van der Waals surface area contributed by atoms with Gasteiger partial charge in [0.25, 0.3) is 5.91 Å². The summed E-state index contributed by atoms with van der Waals surface area (Å²) >= 11 is 3.45. The van der Waals surface area contributed by atoms with E-state index in [1.165, 1.54) is 0 Å². The number of nitrogens with zero attached hydrogens (tertiary/aromatic N) is 3. The van der Waals surface area contributed by atoms with Gasteiger partial charge in [0, 0.05) is 30.7 Å². The smallest absolute Gasteiger partial charge is 0.257 e. The normalized spacial score (nSPS) is 11.1. The molecule has 4 nitrogen and oxygen atoms in total. The predicted molar refractivity (Wildman–Crippen MR) is 81.9 cm³/mol. The van der Waals surface area contributed by atoms with E-state index in [1.807, 2.05) is 25.8 Å². The summed E-state index contributed by atoms with van der Waals surface area (Å²) in [6, 6.07) is 0.295. The lowest BCUT2D eigenvalue weighted by Crippen LogP contribution is -2.41. The van der Waals surface area contributed by atoms with Crippen LogP contribution >= 0.6 is 15.9 Å². The molecule has 0 atom stereocenters. The minimum absolute atomic E-state index is 0.108. The zero-order valence-electron chi connectivity index (χ0n) is 12.5. The van der Waals surface area contributed by atoms with Gasteiger partial charge in [0.2, 0.25) is 0 Å². The molecule has 1 heterocycles. The Labute approximate surface area is 124 Å². The fourth-order valence-corrected chi connectivity index (χ4v) is 2.88. The first-order valence-electron chi connectivity index (χ1n) is 6.84. The highest BCUT2D eigenvalue weighted by molar-refractivity contribution is 9.09. The molecule has 108 valence electrons. The number of carbonyl (C=O) groups excluding carboxylic acids is 1. The van der Waals surface area contributed by atoms with Crippen LogP contribution in [0.2, 0.25) is 0 Å². The van der Waals surface area contributed by atoms with Crippen LogP contribution in [0.5, 0.6) is 0 Å². The van der Waals surface area contributed by atoms with E-state index in [0.717, 1.165) is 41.7 Å². The predicted octanol–water partition coefficient (Wildman–Crippen LogP) is 3.06. The maximum atomic E-state index is 12.8. The third kappa shape index (κ3) is 3.38. The molecule has 0 aliphatic heterocycles. The van der Waals surface area contributed by atoms with Crippen molar-refractivity contribution in [2.24, 2.45) is 7.05 Å². The zero-order valence-corrected chi connectivity index (χ0v) is 14.1. The van der Waals surface area contributed by atoms with Crippen molar-refractivity contribution in [1.29, 1.82) is 0 Å². The summed E-state index contributed by atoms with van der Waals surface area (Å²) in [4.78, 5) is 14.8. The Morgan fingerprint density at radius 3 is 2.32 bits per heavy atom. The van der Waals surface area contributed by atoms with Gasteiger partial charge in [-0.2, -0.15) is 5.10 Å². The molecule has 0 radical (unpaired) electrons. The number of hydrogen-bond acceptors (Lipinski definition) is 2. The number of rotatable bonds is 6. The van der Waals surface area contributed by atoms with E-state index >= 15 is 0 Å². The van der Waals surface area contributed by atoms with Crippen LogP contribution in [0.3, 0.4) is 0 Å². The second-order valence-corrected chi connectivity index (χ2v) is 5.62. The molecule has 0 aromatic carbocycles. The molecule has 1 aromatic rings. The fourth-order valence-electron chi connectivity index (χ4n) is 2.50. The Hall–Kier alpha value is -0.840. The van der Waals surface area contributed by atoms with Gasteiger partial charge in [0.1, 0.15) is 0 Å². The maximum absolute atomic E-state index is 12.8. The Morgan fingerprint density at radius 2 is 1.95 bits per heavy atom. The lowest BCUT2D eigenvalue weighted by Gasteiger charge is -2.30. The van der Waals surface area contributed by atoms with Crippen LogP contribution in [0.4, 0.5) is 0 Å². The number of hydrogen-bond donors (Lipinski definition) is 0. The van der Waals surface area contributed by atoms with Gasteiger partial charge in [-0.25, -0.2) is 0 Å². The van der Waals surface area contributed by atoms with Gasteiger partial charge in [-0.15, -0.1) is 0 Å². The van der Waals surface area contributed by atoms with E-state index in [0.29, 0.717) is 6.04 Å². The average Bonchev–Trinajstić information content (AvgIpc) is 2.63. The SMILES string of the molecule is CCC(CC)N(CCBr)C(=O)c1c(C)nn(C)c1C. The lowest BCUT2D eigenvalue weighted by atomic mass is 10.1. The number of alkyl halides is 1. The minimum Gasteiger partial charge on any atom is -0.335 e. The van der Waals surface area contributed by atoms with Crippen molar-refractivity contribution in [1.82, 2.24) is 14.7 Å². The quantitative estimate of drug-likeness (QED) is 0.752. The molecule has 5 heteroatoms. The van der Waals surface area contributed by atoms with Crippen molar-refractivity contribution in [3.05, 3.63) is 17.0 Å². The Kier molecular flexibility index (Phi) is 6.04. The van der Waals surface area contributed by atoms with Gasteiger partial charge in [-0.05, 0) is 26.7 Å². The number of carbonyl (C=O) groups is 1. The summed E-state index contributed by atoms with van der Waals surface area (Å²) in [6.07, 6.45) is 1.96. The second kappa shape index (κ2) is 7.08. The van der Waals surface area contributed by atoms with E-state index in [9.17, 15) is 4.79 Å². The van der Waals surface area contributed by atoms with Crippen molar-refractivity contribution < 1.29 is 4.79 Å². The average molecular weight is 330 g/mol. The second-order valence-electron chi connectivity index (χ2n) is 4.83. The molecule has 0 unspecified atom stereocenters. The monoisotopic (exact) mass is 329 g/mol. The summed E-state index contributed by atoms with van der Waals surface area (Å²) < 4.78 is 1.78. The van der Waals surface area contributed by atoms with Crippen LogP contribution < -0.4 is 0 Å². The van der Waals surface area contributed by atoms with Crippen LogP contribution in [0, 0.1) is 13.8 Å². The van der Waals surface area contributed by atoms with Crippen molar-refractivity contribution in [3.63, 3.8) is 0 Å². The third-order valence-electron chi connectivity index (χ3n) is 3.69. The lowest BCUT2D eigenvalue weighted by molar-refractivity contribution is 0.0681. The molecule has 0 spiro atoms. The van der Waals surface area contributed by atoms with Gasteiger partial charge >= 0.3 is 0 Å². The van der Waals surface area contributed by atoms with Crippen molar-refractivity contribution >= 4 is 21.8 Å². The van der Waals surface area contributed by atoms with E-state index in [1.54, 1.807) is 4.68 Å². The molecular weight excluding hydrogens is 306 g/mol. The van der Waals surface area contributed by atoms with Gasteiger partial charge in [-0.3, -0.25) is 9.48 Å². The molecule has 0 bridgehead atoms. The van der Waals surface area contributed by atoms with Crippen molar-refractivity contribution in [2.75, 3.05) is 11.9 Å². The molecule has 1 amide bonds. The molecule has 0 saturated heterocycles. The summed E-state index contributed by atoms with van der Waals surface area (Å²) in [5, 5.41) is 5.14. The largest absolute Gasteiger partial charge is 0.335 e. The van der Waals surface area contributed by atoms with Gasteiger partial charge < -0.3 is 4.90 Å². The first-order valence-corrected chi connectivity index (χ1v) is 7.97. The first-order chi connectivity index (χ1) is 8.97.